The Bertz CT molecular complexity index is 157. The maximum absolute atomic E-state index is 8.74. The van der Waals surface area contributed by atoms with E-state index in [1.165, 1.54) is 0 Å². The van der Waals surface area contributed by atoms with Crippen molar-refractivity contribution in [1.82, 2.24) is 9.97 Å². The largest absolute Gasteiger partial charge is 0.262 e. The summed E-state index contributed by atoms with van der Waals surface area (Å²) in [5.74, 6) is 0. The van der Waals surface area contributed by atoms with Crippen LogP contribution in [-0.4, -0.2) is 76.6 Å². The molecule has 66 valence electrons. The van der Waals surface area contributed by atoms with E-state index in [9.17, 15) is 0 Å². The average molecular weight is 220 g/mol. The van der Waals surface area contributed by atoms with E-state index in [0.717, 1.165) is 0 Å². The summed E-state index contributed by atoms with van der Waals surface area (Å²) in [7, 11) is -3.13. The van der Waals surface area contributed by atoms with Crippen molar-refractivity contribution in [2.75, 3.05) is 0 Å². The van der Waals surface area contributed by atoms with Crippen molar-refractivity contribution in [2.45, 2.75) is 0 Å². The summed E-state index contributed by atoms with van der Waals surface area (Å²) in [5, 5.41) is 0. The first-order valence-corrected chi connectivity index (χ1v) is 3.65. The summed E-state index contributed by atoms with van der Waals surface area (Å²) in [5.41, 5.74) is 0. The molecule has 1 aromatic rings. The molecule has 1 heterocycles. The Morgan fingerprint density at radius 3 is 1.25 bits per heavy atom. The van der Waals surface area contributed by atoms with Gasteiger partial charge in [0.25, 0.3) is 0 Å². The zero-order valence-corrected chi connectivity index (χ0v) is 6.51. The summed E-state index contributed by atoms with van der Waals surface area (Å²) in [6.45, 7) is 0. The van der Waals surface area contributed by atoms with Gasteiger partial charge in [0.2, 0.25) is 0 Å². The third-order valence-corrected chi connectivity index (χ3v) is 0.478. The minimum Gasteiger partial charge on any atom is -0.262 e. The molecule has 0 radical (unpaired) electrons. The fourth-order valence-corrected chi connectivity index (χ4v) is 0.253. The topological polar surface area (TPSA) is 115 Å². The molecule has 6 nitrogen and oxygen atoms in total. The molecule has 0 saturated heterocycles. The number of nitrogens with zero attached hydrogens (tertiary/aromatic N) is 2. The van der Waals surface area contributed by atoms with Crippen LogP contribution in [0.15, 0.2) is 24.8 Å². The number of hydrogen-bond acceptors (Lipinski definition) is 3. The summed E-state index contributed by atoms with van der Waals surface area (Å²) < 4.78 is 8.74. The Morgan fingerprint density at radius 2 is 1.17 bits per heavy atom. The first kappa shape index (κ1) is 18.6. The van der Waals surface area contributed by atoms with E-state index >= 15 is 0 Å². The average Bonchev–Trinajstić information content (AvgIpc) is 1.90. The van der Waals surface area contributed by atoms with Crippen LogP contribution in [0.25, 0.3) is 0 Å². The first-order chi connectivity index (χ1) is 4.73. The van der Waals surface area contributed by atoms with Crippen LogP contribution in [0.3, 0.4) is 0 Å². The molecule has 0 saturated carbocycles. The van der Waals surface area contributed by atoms with Crippen LogP contribution in [0, 0.1) is 0 Å². The van der Waals surface area contributed by atoms with E-state index in [4.69, 9.17) is 14.4 Å². The van der Waals surface area contributed by atoms with Crippen molar-refractivity contribution in [3.8, 4) is 0 Å². The van der Waals surface area contributed by atoms with Gasteiger partial charge >= 0.3 is 59.6 Å². The van der Waals surface area contributed by atoms with Gasteiger partial charge in [0, 0.05) is 24.8 Å². The number of rotatable bonds is 0. The molecule has 0 fully saturated rings. The molecule has 8 heteroatoms. The second-order valence-electron chi connectivity index (χ2n) is 1.18. The molecule has 0 spiro atoms. The first-order valence-electron chi connectivity index (χ1n) is 2.35. The maximum atomic E-state index is 8.74. The smallest absolute Gasteiger partial charge is 0.0451 e. The monoisotopic (exact) mass is 220 g/mol. The normalized spacial score (nSPS) is 6.92. The predicted molar refractivity (Wildman–Crippen MR) is 46.2 cm³/mol. The Hall–Kier alpha value is 0.826. The van der Waals surface area contributed by atoms with Gasteiger partial charge in [-0.25, -0.2) is 0 Å². The molecule has 0 aromatic carbocycles. The van der Waals surface area contributed by atoms with Crippen LogP contribution in [0.2, 0.25) is 0 Å². The fraction of sp³-hybridized carbons (Fsp3) is 0. The summed E-state index contributed by atoms with van der Waals surface area (Å²) in [6.07, 6.45) is 6.56. The van der Waals surface area contributed by atoms with Gasteiger partial charge in [-0.05, 0) is 0 Å². The van der Waals surface area contributed by atoms with Gasteiger partial charge in [-0.15, -0.1) is 0 Å². The second-order valence-corrected chi connectivity index (χ2v) is 1.74. The van der Waals surface area contributed by atoms with Crippen LogP contribution in [0.1, 0.15) is 0 Å². The predicted octanol–water partition coefficient (Wildman–Crippen LogP) is -1.64. The molecule has 0 aliphatic rings. The SMILES string of the molecule is O.O=[PH](O)O.[KH].c1cnccn1. The summed E-state index contributed by atoms with van der Waals surface area (Å²) in [4.78, 5) is 21.8. The van der Waals surface area contributed by atoms with Crippen molar-refractivity contribution in [3.63, 3.8) is 0 Å². The van der Waals surface area contributed by atoms with Crippen molar-refractivity contribution in [1.29, 1.82) is 0 Å². The van der Waals surface area contributed by atoms with E-state index in [2.05, 4.69) is 9.97 Å². The van der Waals surface area contributed by atoms with Gasteiger partial charge in [-0.1, -0.05) is 0 Å². The summed E-state index contributed by atoms with van der Waals surface area (Å²) >= 11 is 0. The number of hydrogen-bond donors (Lipinski definition) is 2. The minimum absolute atomic E-state index is 0. The molecule has 0 aliphatic heterocycles. The molecule has 0 atom stereocenters. The molecular weight excluding hydrogens is 210 g/mol. The van der Waals surface area contributed by atoms with E-state index in [1.807, 2.05) is 0 Å². The van der Waals surface area contributed by atoms with Gasteiger partial charge in [0.15, 0.2) is 0 Å². The Kier molecular flexibility index (Phi) is 22.2. The molecule has 0 bridgehead atoms. The van der Waals surface area contributed by atoms with Gasteiger partial charge in [-0.3, -0.25) is 14.5 Å². The van der Waals surface area contributed by atoms with Gasteiger partial charge in [0.1, 0.15) is 0 Å². The maximum Gasteiger partial charge on any atom is 0.0451 e. The molecule has 4 N–H and O–H groups in total. The Morgan fingerprint density at radius 1 is 1.00 bits per heavy atom. The van der Waals surface area contributed by atoms with E-state index in [-0.39, 0.29) is 56.9 Å². The quantitative estimate of drug-likeness (QED) is 0.402. The molecule has 0 amide bonds. The van der Waals surface area contributed by atoms with Crippen LogP contribution in [-0.2, 0) is 4.57 Å². The Labute approximate surface area is 113 Å². The van der Waals surface area contributed by atoms with Crippen molar-refractivity contribution in [3.05, 3.63) is 24.8 Å². The van der Waals surface area contributed by atoms with E-state index in [0.29, 0.717) is 0 Å². The third kappa shape index (κ3) is 22.4. The van der Waals surface area contributed by atoms with Gasteiger partial charge in [0.05, 0.1) is 0 Å². The van der Waals surface area contributed by atoms with E-state index < -0.39 is 8.25 Å². The van der Waals surface area contributed by atoms with Gasteiger partial charge in [-0.2, -0.15) is 0 Å². The van der Waals surface area contributed by atoms with E-state index in [1.54, 1.807) is 24.8 Å². The molecule has 0 aliphatic carbocycles. The Balaban J connectivity index is -0.000000124. The van der Waals surface area contributed by atoms with Crippen molar-refractivity contribution in [2.24, 2.45) is 0 Å². The van der Waals surface area contributed by atoms with Crippen LogP contribution < -0.4 is 0 Å². The third-order valence-electron chi connectivity index (χ3n) is 0.478. The fourth-order valence-electron chi connectivity index (χ4n) is 0.253. The molecule has 12 heavy (non-hydrogen) atoms. The minimum atomic E-state index is -3.13. The second kappa shape index (κ2) is 14.4. The molecule has 1 aromatic heterocycles. The summed E-state index contributed by atoms with van der Waals surface area (Å²) in [6, 6.07) is 0. The zero-order chi connectivity index (χ0) is 7.82. The standard InChI is InChI=1S/C4H4N2.K.H3O3P.H2O.H/c1-2-6-4-3-5-1;;1-4(2)3;;/h1-4H;;4H,(H2,1,2,3);1H2;. The van der Waals surface area contributed by atoms with Crippen LogP contribution >= 0.6 is 8.25 Å². The molecular formula is C4H10KN2O4P. The molecule has 1 rings (SSSR count). The number of aromatic nitrogens is 2. The van der Waals surface area contributed by atoms with Crippen LogP contribution in [0.4, 0.5) is 0 Å². The zero-order valence-electron chi connectivity index (χ0n) is 5.51. The molecule has 0 unspecified atom stereocenters. The van der Waals surface area contributed by atoms with Crippen molar-refractivity contribution < 1.29 is 19.8 Å². The van der Waals surface area contributed by atoms with Crippen molar-refractivity contribution >= 4 is 59.6 Å². The van der Waals surface area contributed by atoms with Gasteiger partial charge < -0.3 is 15.3 Å². The van der Waals surface area contributed by atoms with Crippen LogP contribution in [0.5, 0.6) is 0 Å².